The van der Waals surface area contributed by atoms with Gasteiger partial charge in [-0.15, -0.1) is 0 Å². The molecular weight excluding hydrogens is 204 g/mol. The number of anilines is 1. The van der Waals surface area contributed by atoms with Crippen LogP contribution in [-0.4, -0.2) is 28.5 Å². The van der Waals surface area contributed by atoms with Crippen LogP contribution >= 0.6 is 11.6 Å². The zero-order chi connectivity index (χ0) is 10.1. The van der Waals surface area contributed by atoms with Crippen molar-refractivity contribution in [1.29, 1.82) is 0 Å². The third kappa shape index (κ3) is 1.50. The number of hydrogen-bond donors (Lipinski definition) is 1. The van der Waals surface area contributed by atoms with Crippen molar-refractivity contribution >= 4 is 23.3 Å². The molecule has 1 fully saturated rings. The van der Waals surface area contributed by atoms with E-state index in [0.717, 1.165) is 13.0 Å². The number of amides is 1. The van der Waals surface area contributed by atoms with Crippen molar-refractivity contribution < 1.29 is 4.79 Å². The molecule has 6 heteroatoms. The minimum atomic E-state index is -0.328. The Morgan fingerprint density at radius 2 is 2.50 bits per heavy atom. The summed E-state index contributed by atoms with van der Waals surface area (Å²) >= 11 is 5.63. The van der Waals surface area contributed by atoms with Gasteiger partial charge in [0.25, 0.3) is 0 Å². The standard InChI is InChI=1S/C8H9ClN4O/c9-8-11-3-1-6(12-8)13-4-2-5(13)7(10)14/h1,3,5H,2,4H2,(H2,10,14). The molecule has 0 aromatic carbocycles. The Morgan fingerprint density at radius 3 is 3.00 bits per heavy atom. The lowest BCUT2D eigenvalue weighted by Gasteiger charge is -2.39. The van der Waals surface area contributed by atoms with Crippen molar-refractivity contribution in [3.05, 3.63) is 17.5 Å². The number of carbonyl (C=O) groups is 1. The molecule has 5 nitrogen and oxygen atoms in total. The van der Waals surface area contributed by atoms with Gasteiger partial charge >= 0.3 is 0 Å². The molecule has 14 heavy (non-hydrogen) atoms. The fourth-order valence-corrected chi connectivity index (χ4v) is 1.59. The highest BCUT2D eigenvalue weighted by atomic mass is 35.5. The lowest BCUT2D eigenvalue weighted by Crippen LogP contribution is -2.55. The molecular formula is C8H9ClN4O. The van der Waals surface area contributed by atoms with Gasteiger partial charge in [0.05, 0.1) is 0 Å². The van der Waals surface area contributed by atoms with Crippen LogP contribution in [0.5, 0.6) is 0 Å². The second-order valence-electron chi connectivity index (χ2n) is 3.08. The van der Waals surface area contributed by atoms with Crippen molar-refractivity contribution in [3.63, 3.8) is 0 Å². The van der Waals surface area contributed by atoms with E-state index in [1.807, 2.05) is 4.90 Å². The van der Waals surface area contributed by atoms with Gasteiger partial charge in [0.2, 0.25) is 11.2 Å². The summed E-state index contributed by atoms with van der Waals surface area (Å²) in [7, 11) is 0. The summed E-state index contributed by atoms with van der Waals surface area (Å²) in [5.74, 6) is 0.325. The highest BCUT2D eigenvalue weighted by Crippen LogP contribution is 2.24. The van der Waals surface area contributed by atoms with E-state index in [9.17, 15) is 4.79 Å². The van der Waals surface area contributed by atoms with E-state index in [1.54, 1.807) is 12.3 Å². The second kappa shape index (κ2) is 3.42. The molecule has 1 aliphatic rings. The molecule has 1 atom stereocenters. The molecule has 1 aromatic heterocycles. The number of nitrogens with two attached hydrogens (primary N) is 1. The second-order valence-corrected chi connectivity index (χ2v) is 3.42. The summed E-state index contributed by atoms with van der Waals surface area (Å²) in [4.78, 5) is 20.5. The zero-order valence-electron chi connectivity index (χ0n) is 7.35. The fraction of sp³-hybridized carbons (Fsp3) is 0.375. The molecule has 0 radical (unpaired) electrons. The van der Waals surface area contributed by atoms with Crippen LogP contribution in [0.1, 0.15) is 6.42 Å². The maximum Gasteiger partial charge on any atom is 0.240 e. The van der Waals surface area contributed by atoms with Crippen LogP contribution in [0.3, 0.4) is 0 Å². The van der Waals surface area contributed by atoms with Crippen molar-refractivity contribution in [1.82, 2.24) is 9.97 Å². The topological polar surface area (TPSA) is 72.1 Å². The van der Waals surface area contributed by atoms with Gasteiger partial charge in [-0.05, 0) is 24.1 Å². The number of halogens is 1. The van der Waals surface area contributed by atoms with Crippen molar-refractivity contribution in [3.8, 4) is 0 Å². The van der Waals surface area contributed by atoms with E-state index in [-0.39, 0.29) is 17.2 Å². The van der Waals surface area contributed by atoms with Crippen LogP contribution in [0.4, 0.5) is 5.82 Å². The van der Waals surface area contributed by atoms with Gasteiger partial charge in [-0.25, -0.2) is 9.97 Å². The van der Waals surface area contributed by atoms with Gasteiger partial charge in [0, 0.05) is 12.7 Å². The first-order valence-corrected chi connectivity index (χ1v) is 4.61. The molecule has 0 bridgehead atoms. The molecule has 1 aromatic rings. The van der Waals surface area contributed by atoms with Crippen molar-refractivity contribution in [2.45, 2.75) is 12.5 Å². The quantitative estimate of drug-likeness (QED) is 0.711. The SMILES string of the molecule is NC(=O)C1CCN1c1ccnc(Cl)n1. The monoisotopic (exact) mass is 212 g/mol. The summed E-state index contributed by atoms with van der Waals surface area (Å²) in [6.07, 6.45) is 2.33. The van der Waals surface area contributed by atoms with Crippen LogP contribution < -0.4 is 10.6 Å². The molecule has 2 rings (SSSR count). The van der Waals surface area contributed by atoms with E-state index in [2.05, 4.69) is 9.97 Å². The predicted molar refractivity (Wildman–Crippen MR) is 52.0 cm³/mol. The van der Waals surface area contributed by atoms with Gasteiger partial charge in [-0.2, -0.15) is 0 Å². The van der Waals surface area contributed by atoms with Crippen molar-refractivity contribution in [2.24, 2.45) is 5.73 Å². The lowest BCUT2D eigenvalue weighted by molar-refractivity contribution is -0.120. The van der Waals surface area contributed by atoms with Gasteiger partial charge in [0.15, 0.2) is 0 Å². The van der Waals surface area contributed by atoms with Crippen LogP contribution in [0, 0.1) is 0 Å². The van der Waals surface area contributed by atoms with Crippen LogP contribution in [0.25, 0.3) is 0 Å². The molecule has 74 valence electrons. The first-order chi connectivity index (χ1) is 6.68. The highest BCUT2D eigenvalue weighted by molar-refractivity contribution is 6.28. The Bertz CT molecular complexity index is 370. The third-order valence-electron chi connectivity index (χ3n) is 2.25. The maximum atomic E-state index is 11.0. The lowest BCUT2D eigenvalue weighted by atomic mass is 10.0. The molecule has 0 aliphatic carbocycles. The molecule has 0 saturated carbocycles. The molecule has 1 amide bonds. The molecule has 2 heterocycles. The molecule has 1 aliphatic heterocycles. The molecule has 0 spiro atoms. The van der Waals surface area contributed by atoms with E-state index in [1.165, 1.54) is 0 Å². The Labute approximate surface area is 85.9 Å². The number of aromatic nitrogens is 2. The Morgan fingerprint density at radius 1 is 1.71 bits per heavy atom. The number of primary amides is 1. The average Bonchev–Trinajstić information content (AvgIpc) is 2.00. The predicted octanol–water partition coefficient (Wildman–Crippen LogP) is 0.194. The zero-order valence-corrected chi connectivity index (χ0v) is 8.11. The number of rotatable bonds is 2. The summed E-state index contributed by atoms with van der Waals surface area (Å²) in [6.45, 7) is 0.779. The van der Waals surface area contributed by atoms with Gasteiger partial charge in [-0.1, -0.05) is 0 Å². The first-order valence-electron chi connectivity index (χ1n) is 4.23. The fourth-order valence-electron chi connectivity index (χ4n) is 1.44. The smallest absolute Gasteiger partial charge is 0.240 e. The van der Waals surface area contributed by atoms with E-state index in [4.69, 9.17) is 17.3 Å². The number of carbonyl (C=O) groups excluding carboxylic acids is 1. The maximum absolute atomic E-state index is 11.0. The Kier molecular flexibility index (Phi) is 2.25. The molecule has 1 unspecified atom stereocenters. The van der Waals surface area contributed by atoms with Gasteiger partial charge in [-0.3, -0.25) is 4.79 Å². The van der Waals surface area contributed by atoms with E-state index >= 15 is 0 Å². The third-order valence-corrected chi connectivity index (χ3v) is 2.44. The van der Waals surface area contributed by atoms with E-state index in [0.29, 0.717) is 5.82 Å². The Balaban J connectivity index is 2.20. The summed E-state index contributed by atoms with van der Waals surface area (Å²) in [6, 6.07) is 1.46. The summed E-state index contributed by atoms with van der Waals surface area (Å²) < 4.78 is 0. The minimum Gasteiger partial charge on any atom is -0.368 e. The summed E-state index contributed by atoms with van der Waals surface area (Å²) in [5.41, 5.74) is 5.21. The first kappa shape index (κ1) is 9.21. The Hall–Kier alpha value is -1.36. The largest absolute Gasteiger partial charge is 0.368 e. The normalized spacial score (nSPS) is 20.4. The van der Waals surface area contributed by atoms with Crippen LogP contribution in [0.15, 0.2) is 12.3 Å². The number of hydrogen-bond acceptors (Lipinski definition) is 4. The average molecular weight is 213 g/mol. The molecule has 1 saturated heterocycles. The van der Waals surface area contributed by atoms with Crippen LogP contribution in [0.2, 0.25) is 5.28 Å². The number of nitrogens with zero attached hydrogens (tertiary/aromatic N) is 3. The van der Waals surface area contributed by atoms with Gasteiger partial charge < -0.3 is 10.6 Å². The van der Waals surface area contributed by atoms with Crippen molar-refractivity contribution in [2.75, 3.05) is 11.4 Å². The van der Waals surface area contributed by atoms with E-state index < -0.39 is 0 Å². The highest BCUT2D eigenvalue weighted by Gasteiger charge is 2.33. The molecule has 2 N–H and O–H groups in total. The summed E-state index contributed by atoms with van der Waals surface area (Å²) in [5, 5.41) is 0.178. The van der Waals surface area contributed by atoms with Gasteiger partial charge in [0.1, 0.15) is 11.9 Å². The van der Waals surface area contributed by atoms with Crippen LogP contribution in [-0.2, 0) is 4.79 Å². The minimum absolute atomic E-state index is 0.178.